The smallest absolute Gasteiger partial charge is 0.281 e. The second-order valence-corrected chi connectivity index (χ2v) is 5.69. The molecule has 4 nitrogen and oxygen atoms in total. The summed E-state index contributed by atoms with van der Waals surface area (Å²) < 4.78 is 37.7. The molecule has 22 heavy (non-hydrogen) atoms. The van der Waals surface area contributed by atoms with Crippen LogP contribution in [0.25, 0.3) is 0 Å². The maximum Gasteiger partial charge on any atom is 0.281 e. The van der Waals surface area contributed by atoms with Gasteiger partial charge in [-0.3, -0.25) is 0 Å². The molecular weight excluding hydrogens is 290 g/mol. The van der Waals surface area contributed by atoms with Gasteiger partial charge in [0.05, 0.1) is 11.3 Å². The van der Waals surface area contributed by atoms with Gasteiger partial charge in [-0.05, 0) is 50.2 Å². The number of rotatable bonds is 3. The molecule has 2 unspecified atom stereocenters. The molecule has 118 valence electrons. The maximum atomic E-state index is 13.1. The Hall–Kier alpha value is -1.58. The van der Waals surface area contributed by atoms with E-state index in [1.54, 1.807) is 6.07 Å². The van der Waals surface area contributed by atoms with Gasteiger partial charge in [-0.2, -0.15) is 5.26 Å². The van der Waals surface area contributed by atoms with Crippen molar-refractivity contribution < 1.29 is 18.3 Å². The van der Waals surface area contributed by atoms with Crippen LogP contribution < -0.4 is 0 Å². The van der Waals surface area contributed by atoms with E-state index in [4.69, 9.17) is 14.7 Å². The molecule has 1 fully saturated rings. The van der Waals surface area contributed by atoms with E-state index >= 15 is 0 Å². The minimum Gasteiger partial charge on any atom is -0.353 e. The van der Waals surface area contributed by atoms with Crippen molar-refractivity contribution in [1.82, 2.24) is 4.98 Å². The maximum absolute atomic E-state index is 13.1. The van der Waals surface area contributed by atoms with Crippen LogP contribution in [0.4, 0.5) is 8.78 Å². The first kappa shape index (κ1) is 15.3. The van der Waals surface area contributed by atoms with E-state index in [-0.39, 0.29) is 18.0 Å². The van der Waals surface area contributed by atoms with Gasteiger partial charge in [0.25, 0.3) is 6.43 Å². The van der Waals surface area contributed by atoms with Crippen LogP contribution in [0.15, 0.2) is 6.07 Å². The Morgan fingerprint density at radius 3 is 2.86 bits per heavy atom. The number of hydrogen-bond acceptors (Lipinski definition) is 4. The second kappa shape index (κ2) is 6.67. The van der Waals surface area contributed by atoms with Crippen molar-refractivity contribution in [2.45, 2.75) is 57.3 Å². The van der Waals surface area contributed by atoms with Gasteiger partial charge in [0.1, 0.15) is 17.9 Å². The molecule has 0 N–H and O–H groups in total. The van der Waals surface area contributed by atoms with Crippen LogP contribution in [0.3, 0.4) is 0 Å². The van der Waals surface area contributed by atoms with Crippen LogP contribution in [0.1, 0.15) is 67.1 Å². The third-order valence-electron chi connectivity index (χ3n) is 4.16. The number of alkyl halides is 2. The lowest BCUT2D eigenvalue weighted by molar-refractivity contribution is -0.193. The zero-order valence-electron chi connectivity index (χ0n) is 12.2. The van der Waals surface area contributed by atoms with E-state index < -0.39 is 12.1 Å². The molecule has 2 heterocycles. The number of hydrogen-bond donors (Lipinski definition) is 0. The van der Waals surface area contributed by atoms with E-state index in [0.29, 0.717) is 12.3 Å². The van der Waals surface area contributed by atoms with E-state index in [1.165, 1.54) is 0 Å². The van der Waals surface area contributed by atoms with E-state index in [2.05, 4.69) is 4.98 Å². The third kappa shape index (κ3) is 3.11. The first-order valence-electron chi connectivity index (χ1n) is 7.68. The highest BCUT2D eigenvalue weighted by Crippen LogP contribution is 2.36. The Balaban J connectivity index is 1.88. The molecule has 0 bridgehead atoms. The zero-order valence-corrected chi connectivity index (χ0v) is 12.2. The number of halogens is 2. The predicted octanol–water partition coefficient (Wildman–Crippen LogP) is 3.81. The van der Waals surface area contributed by atoms with Gasteiger partial charge in [0, 0.05) is 6.61 Å². The molecule has 2 aliphatic rings. The van der Waals surface area contributed by atoms with E-state index in [0.717, 1.165) is 44.1 Å². The molecule has 3 rings (SSSR count). The van der Waals surface area contributed by atoms with Crippen LogP contribution in [0, 0.1) is 11.3 Å². The standard InChI is InChI=1S/C16H18F2N2O2/c17-16(18)15-11(9-19)8-10-4-3-5-12(14(10)20-15)22-13-6-1-2-7-21-13/h8,12-13,16H,1-7H2. The van der Waals surface area contributed by atoms with Crippen molar-refractivity contribution >= 4 is 0 Å². The summed E-state index contributed by atoms with van der Waals surface area (Å²) in [7, 11) is 0. The summed E-state index contributed by atoms with van der Waals surface area (Å²) in [6, 6.07) is 3.36. The van der Waals surface area contributed by atoms with Gasteiger partial charge < -0.3 is 9.47 Å². The fraction of sp³-hybridized carbons (Fsp3) is 0.625. The number of nitriles is 1. The number of aryl methyl sites for hydroxylation is 1. The molecule has 1 aromatic heterocycles. The highest BCUT2D eigenvalue weighted by Gasteiger charge is 2.29. The Morgan fingerprint density at radius 1 is 1.32 bits per heavy atom. The monoisotopic (exact) mass is 308 g/mol. The Kier molecular flexibility index (Phi) is 4.65. The Bertz CT molecular complexity index is 580. The average molecular weight is 308 g/mol. The Labute approximate surface area is 128 Å². The van der Waals surface area contributed by atoms with Gasteiger partial charge in [-0.1, -0.05) is 0 Å². The number of nitrogens with zero attached hydrogens (tertiary/aromatic N) is 2. The minimum absolute atomic E-state index is 0.0386. The van der Waals surface area contributed by atoms with Crippen molar-refractivity contribution in [3.05, 3.63) is 28.6 Å². The molecule has 1 aliphatic heterocycles. The van der Waals surface area contributed by atoms with Gasteiger partial charge in [0.2, 0.25) is 0 Å². The summed E-state index contributed by atoms with van der Waals surface area (Å²) in [4.78, 5) is 4.08. The third-order valence-corrected chi connectivity index (χ3v) is 4.16. The van der Waals surface area contributed by atoms with Crippen LogP contribution in [-0.2, 0) is 15.9 Å². The van der Waals surface area contributed by atoms with Gasteiger partial charge in [0.15, 0.2) is 6.29 Å². The summed E-state index contributed by atoms with van der Waals surface area (Å²) in [5, 5.41) is 9.02. The van der Waals surface area contributed by atoms with Crippen molar-refractivity contribution in [2.24, 2.45) is 0 Å². The van der Waals surface area contributed by atoms with E-state index in [1.807, 2.05) is 6.07 Å². The van der Waals surface area contributed by atoms with Crippen molar-refractivity contribution in [3.8, 4) is 6.07 Å². The molecular formula is C16H18F2N2O2. The SMILES string of the molecule is N#Cc1cc2c(nc1C(F)F)C(OC1CCCCO1)CCC2. The topological polar surface area (TPSA) is 55.1 Å². The number of aromatic nitrogens is 1. The molecule has 1 aliphatic carbocycles. The first-order chi connectivity index (χ1) is 10.7. The molecule has 1 saturated heterocycles. The van der Waals surface area contributed by atoms with Crippen molar-refractivity contribution in [3.63, 3.8) is 0 Å². The van der Waals surface area contributed by atoms with Crippen LogP contribution in [-0.4, -0.2) is 17.9 Å². The quantitative estimate of drug-likeness (QED) is 0.852. The molecule has 0 spiro atoms. The van der Waals surface area contributed by atoms with Crippen LogP contribution in [0.2, 0.25) is 0 Å². The fourth-order valence-electron chi connectivity index (χ4n) is 3.07. The van der Waals surface area contributed by atoms with Crippen LogP contribution >= 0.6 is 0 Å². The molecule has 0 saturated carbocycles. The van der Waals surface area contributed by atoms with Crippen molar-refractivity contribution in [2.75, 3.05) is 6.61 Å². The largest absolute Gasteiger partial charge is 0.353 e. The van der Waals surface area contributed by atoms with Gasteiger partial charge in [-0.25, -0.2) is 13.8 Å². The fourth-order valence-corrected chi connectivity index (χ4v) is 3.07. The minimum atomic E-state index is -2.76. The Morgan fingerprint density at radius 2 is 2.18 bits per heavy atom. The highest BCUT2D eigenvalue weighted by atomic mass is 19.3. The number of pyridine rings is 1. The summed E-state index contributed by atoms with van der Waals surface area (Å²) >= 11 is 0. The lowest BCUT2D eigenvalue weighted by Crippen LogP contribution is -2.27. The molecule has 0 aromatic carbocycles. The zero-order chi connectivity index (χ0) is 15.5. The summed E-state index contributed by atoms with van der Waals surface area (Å²) in [6.07, 6.45) is 1.92. The molecule has 0 amide bonds. The lowest BCUT2D eigenvalue weighted by Gasteiger charge is -2.31. The molecule has 1 aromatic rings. The second-order valence-electron chi connectivity index (χ2n) is 5.69. The first-order valence-corrected chi connectivity index (χ1v) is 7.68. The summed E-state index contributed by atoms with van der Waals surface area (Å²) in [6.45, 7) is 0.674. The van der Waals surface area contributed by atoms with Gasteiger partial charge >= 0.3 is 0 Å². The van der Waals surface area contributed by atoms with Crippen LogP contribution in [0.5, 0.6) is 0 Å². The molecule has 2 atom stereocenters. The molecule has 6 heteroatoms. The van der Waals surface area contributed by atoms with E-state index in [9.17, 15) is 8.78 Å². The normalized spacial score (nSPS) is 24.8. The lowest BCUT2D eigenvalue weighted by atomic mass is 9.92. The molecule has 0 radical (unpaired) electrons. The average Bonchev–Trinajstić information content (AvgIpc) is 2.54. The number of ether oxygens (including phenoxy) is 2. The predicted molar refractivity (Wildman–Crippen MR) is 74.3 cm³/mol. The summed E-state index contributed by atoms with van der Waals surface area (Å²) in [5.41, 5.74) is 0.910. The summed E-state index contributed by atoms with van der Waals surface area (Å²) in [5.74, 6) is 0. The number of fused-ring (bicyclic) bond motifs is 1. The van der Waals surface area contributed by atoms with Crippen molar-refractivity contribution in [1.29, 1.82) is 5.26 Å². The van der Waals surface area contributed by atoms with Gasteiger partial charge in [-0.15, -0.1) is 0 Å². The highest BCUT2D eigenvalue weighted by molar-refractivity contribution is 5.41.